The van der Waals surface area contributed by atoms with Gasteiger partial charge >= 0.3 is 6.09 Å². The van der Waals surface area contributed by atoms with E-state index in [0.29, 0.717) is 18.9 Å². The van der Waals surface area contributed by atoms with Crippen molar-refractivity contribution in [1.82, 2.24) is 5.32 Å². The molecule has 4 nitrogen and oxygen atoms in total. The molecule has 0 aromatic heterocycles. The van der Waals surface area contributed by atoms with E-state index in [0.717, 1.165) is 24.8 Å². The molecule has 18 heavy (non-hydrogen) atoms. The highest BCUT2D eigenvalue weighted by Crippen LogP contribution is 2.00. The Morgan fingerprint density at radius 1 is 1.28 bits per heavy atom. The Bertz CT molecular complexity index is 377. The van der Waals surface area contributed by atoms with Crippen LogP contribution in [0, 0.1) is 5.41 Å². The maximum atomic E-state index is 11.3. The van der Waals surface area contributed by atoms with Crippen LogP contribution in [-0.4, -0.2) is 18.3 Å². The zero-order valence-corrected chi connectivity index (χ0v) is 10.7. The molecule has 0 aliphatic heterocycles. The zero-order chi connectivity index (χ0) is 13.2. The molecule has 1 aromatic rings. The highest BCUT2D eigenvalue weighted by molar-refractivity contribution is 5.78. The highest BCUT2D eigenvalue weighted by atomic mass is 16.5. The number of nitrogens with one attached hydrogen (secondary N) is 2. The largest absolute Gasteiger partial charge is 0.445 e. The minimum atomic E-state index is -0.384. The lowest BCUT2D eigenvalue weighted by Gasteiger charge is -2.06. The van der Waals surface area contributed by atoms with E-state index in [2.05, 4.69) is 5.32 Å². The zero-order valence-electron chi connectivity index (χ0n) is 10.7. The lowest BCUT2D eigenvalue weighted by atomic mass is 10.2. The molecule has 1 aromatic carbocycles. The van der Waals surface area contributed by atoms with Gasteiger partial charge in [-0.05, 0) is 31.7 Å². The highest BCUT2D eigenvalue weighted by Gasteiger charge is 2.01. The molecule has 0 spiro atoms. The predicted octanol–water partition coefficient (Wildman–Crippen LogP) is 3.12. The fourth-order valence-electron chi connectivity index (χ4n) is 1.48. The SMILES string of the molecule is CC(=N)CCCCNC(=O)OCc1ccccc1. The third kappa shape index (κ3) is 6.68. The van der Waals surface area contributed by atoms with Crippen molar-refractivity contribution in [3.8, 4) is 0 Å². The molecule has 1 rings (SSSR count). The summed E-state index contributed by atoms with van der Waals surface area (Å²) in [6.45, 7) is 2.69. The van der Waals surface area contributed by atoms with Crippen LogP contribution < -0.4 is 5.32 Å². The topological polar surface area (TPSA) is 62.2 Å². The average Bonchev–Trinajstić information content (AvgIpc) is 2.37. The summed E-state index contributed by atoms with van der Waals surface area (Å²) in [5.41, 5.74) is 1.66. The van der Waals surface area contributed by atoms with Crippen molar-refractivity contribution in [2.75, 3.05) is 6.54 Å². The van der Waals surface area contributed by atoms with Gasteiger partial charge < -0.3 is 15.5 Å². The average molecular weight is 248 g/mol. The third-order valence-electron chi connectivity index (χ3n) is 2.46. The van der Waals surface area contributed by atoms with Crippen LogP contribution in [0.4, 0.5) is 4.79 Å². The van der Waals surface area contributed by atoms with Crippen LogP contribution in [-0.2, 0) is 11.3 Å². The molecule has 4 heteroatoms. The van der Waals surface area contributed by atoms with Crippen molar-refractivity contribution in [1.29, 1.82) is 5.41 Å². The van der Waals surface area contributed by atoms with Crippen LogP contribution in [0.2, 0.25) is 0 Å². The summed E-state index contributed by atoms with van der Waals surface area (Å²) < 4.78 is 5.06. The van der Waals surface area contributed by atoms with Crippen LogP contribution in [0.25, 0.3) is 0 Å². The molecule has 0 bridgehead atoms. The number of alkyl carbamates (subject to hydrolysis) is 1. The van der Waals surface area contributed by atoms with Crippen molar-refractivity contribution >= 4 is 11.8 Å². The number of hydrogen-bond donors (Lipinski definition) is 2. The first-order valence-electron chi connectivity index (χ1n) is 6.17. The maximum Gasteiger partial charge on any atom is 0.407 e. The molecular weight excluding hydrogens is 228 g/mol. The standard InChI is InChI=1S/C14H20N2O2/c1-12(15)7-5-6-10-16-14(17)18-11-13-8-3-2-4-9-13/h2-4,8-9,15H,5-7,10-11H2,1H3,(H,16,17). The fraction of sp³-hybridized carbons (Fsp3) is 0.429. The Hall–Kier alpha value is -1.84. The van der Waals surface area contributed by atoms with Gasteiger partial charge in [-0.2, -0.15) is 0 Å². The third-order valence-corrected chi connectivity index (χ3v) is 2.46. The Morgan fingerprint density at radius 3 is 2.67 bits per heavy atom. The van der Waals surface area contributed by atoms with E-state index in [4.69, 9.17) is 10.1 Å². The van der Waals surface area contributed by atoms with Gasteiger partial charge in [0.05, 0.1) is 0 Å². The Labute approximate surface area is 108 Å². The van der Waals surface area contributed by atoms with Gasteiger partial charge in [0.25, 0.3) is 0 Å². The first-order valence-corrected chi connectivity index (χ1v) is 6.17. The van der Waals surface area contributed by atoms with Gasteiger partial charge in [-0.3, -0.25) is 0 Å². The molecule has 2 N–H and O–H groups in total. The van der Waals surface area contributed by atoms with Crippen LogP contribution >= 0.6 is 0 Å². The second-order valence-corrected chi connectivity index (χ2v) is 4.23. The number of carbonyl (C=O) groups is 1. The summed E-state index contributed by atoms with van der Waals surface area (Å²) in [5.74, 6) is 0. The smallest absolute Gasteiger partial charge is 0.407 e. The molecule has 0 saturated heterocycles. The fourth-order valence-corrected chi connectivity index (χ4v) is 1.48. The van der Waals surface area contributed by atoms with Crippen molar-refractivity contribution in [3.05, 3.63) is 35.9 Å². The maximum absolute atomic E-state index is 11.3. The molecule has 0 radical (unpaired) electrons. The quantitative estimate of drug-likeness (QED) is 0.575. The summed E-state index contributed by atoms with van der Waals surface area (Å²) in [6, 6.07) is 9.59. The number of carbonyl (C=O) groups excluding carboxylic acids is 1. The Morgan fingerprint density at radius 2 is 2.00 bits per heavy atom. The van der Waals surface area contributed by atoms with Crippen molar-refractivity contribution in [3.63, 3.8) is 0 Å². The van der Waals surface area contributed by atoms with Crippen molar-refractivity contribution in [2.24, 2.45) is 0 Å². The van der Waals surface area contributed by atoms with Gasteiger partial charge in [-0.25, -0.2) is 4.79 Å². The van der Waals surface area contributed by atoms with Crippen LogP contribution in [0.5, 0.6) is 0 Å². The summed E-state index contributed by atoms with van der Waals surface area (Å²) in [5, 5.41) is 9.96. The number of rotatable bonds is 7. The van der Waals surface area contributed by atoms with Crippen molar-refractivity contribution < 1.29 is 9.53 Å². The minimum Gasteiger partial charge on any atom is -0.445 e. The number of unbranched alkanes of at least 4 members (excludes halogenated alkanes) is 1. The van der Waals surface area contributed by atoms with E-state index in [1.54, 1.807) is 6.92 Å². The normalized spacial score (nSPS) is 9.83. The first kappa shape index (κ1) is 14.2. The minimum absolute atomic E-state index is 0.298. The molecular formula is C14H20N2O2. The number of hydrogen-bond acceptors (Lipinski definition) is 3. The molecule has 0 fully saturated rings. The molecule has 0 atom stereocenters. The van der Waals surface area contributed by atoms with Crippen LogP contribution in [0.1, 0.15) is 31.7 Å². The molecule has 0 heterocycles. The number of benzene rings is 1. The first-order chi connectivity index (χ1) is 8.68. The van der Waals surface area contributed by atoms with E-state index >= 15 is 0 Å². The molecule has 0 unspecified atom stereocenters. The monoisotopic (exact) mass is 248 g/mol. The summed E-state index contributed by atoms with van der Waals surface area (Å²) in [6.07, 6.45) is 2.21. The van der Waals surface area contributed by atoms with Gasteiger partial charge in [-0.1, -0.05) is 30.3 Å². The lowest BCUT2D eigenvalue weighted by Crippen LogP contribution is -2.25. The van der Waals surface area contributed by atoms with E-state index in [1.165, 1.54) is 0 Å². The number of amides is 1. The summed E-state index contributed by atoms with van der Waals surface area (Å²) in [7, 11) is 0. The molecule has 0 aliphatic rings. The Kier molecular flexibility index (Phi) is 6.54. The molecule has 0 aliphatic carbocycles. The second-order valence-electron chi connectivity index (χ2n) is 4.23. The Balaban J connectivity index is 2.06. The van der Waals surface area contributed by atoms with Gasteiger partial charge in [0, 0.05) is 12.3 Å². The van der Waals surface area contributed by atoms with E-state index < -0.39 is 0 Å². The second kappa shape index (κ2) is 8.28. The van der Waals surface area contributed by atoms with Crippen molar-refractivity contribution in [2.45, 2.75) is 32.8 Å². The summed E-state index contributed by atoms with van der Waals surface area (Å²) >= 11 is 0. The van der Waals surface area contributed by atoms with Gasteiger partial charge in [0.15, 0.2) is 0 Å². The van der Waals surface area contributed by atoms with Crippen LogP contribution in [0.15, 0.2) is 30.3 Å². The van der Waals surface area contributed by atoms with Gasteiger partial charge in [0.2, 0.25) is 0 Å². The van der Waals surface area contributed by atoms with Gasteiger partial charge in [-0.15, -0.1) is 0 Å². The van der Waals surface area contributed by atoms with E-state index in [-0.39, 0.29) is 6.09 Å². The van der Waals surface area contributed by atoms with Gasteiger partial charge in [0.1, 0.15) is 6.61 Å². The van der Waals surface area contributed by atoms with E-state index in [1.807, 2.05) is 30.3 Å². The lowest BCUT2D eigenvalue weighted by molar-refractivity contribution is 0.139. The predicted molar refractivity (Wildman–Crippen MR) is 71.9 cm³/mol. The molecule has 1 amide bonds. The molecule has 98 valence electrons. The summed E-state index contributed by atoms with van der Waals surface area (Å²) in [4.78, 5) is 11.3. The number of ether oxygens (including phenoxy) is 1. The molecule has 0 saturated carbocycles. The van der Waals surface area contributed by atoms with E-state index in [9.17, 15) is 4.79 Å². The van der Waals surface area contributed by atoms with Crippen LogP contribution in [0.3, 0.4) is 0 Å².